The van der Waals surface area contributed by atoms with Gasteiger partial charge in [0.05, 0.1) is 42.9 Å². The third-order valence-corrected chi connectivity index (χ3v) is 10.8. The van der Waals surface area contributed by atoms with Crippen LogP contribution in [0.25, 0.3) is 21.9 Å². The van der Waals surface area contributed by atoms with E-state index in [-0.39, 0.29) is 23.7 Å². The van der Waals surface area contributed by atoms with E-state index in [0.29, 0.717) is 39.2 Å². The van der Waals surface area contributed by atoms with Crippen LogP contribution < -0.4 is 0 Å². The van der Waals surface area contributed by atoms with E-state index >= 15 is 0 Å². The SMILES string of the molecule is CSCC[N+](C)(CCSC)Cc1cc(-c2ccc(N=Nc3cc(C(=O)O)c(O)c4ccccc34)c(CSC)c2)ccc1N=Nc1ccc(O)c(COO)c1. The van der Waals surface area contributed by atoms with E-state index in [1.54, 1.807) is 48.2 Å². The molecule has 0 radical (unpaired) electrons. The number of phenolic OH excluding ortho intramolecular Hbond substituents is 1. The van der Waals surface area contributed by atoms with Crippen LogP contribution in [0.1, 0.15) is 27.0 Å². The molecule has 282 valence electrons. The van der Waals surface area contributed by atoms with Crippen LogP contribution in [-0.4, -0.2) is 81.4 Å². The lowest BCUT2D eigenvalue weighted by Crippen LogP contribution is -2.46. The Bertz CT molecular complexity index is 2160. The van der Waals surface area contributed by atoms with E-state index in [1.807, 2.05) is 54.0 Å². The molecule has 0 aromatic heterocycles. The van der Waals surface area contributed by atoms with Gasteiger partial charge in [-0.2, -0.15) is 50.6 Å². The number of hydrogen-bond donors (Lipinski definition) is 4. The molecule has 0 aliphatic carbocycles. The van der Waals surface area contributed by atoms with Crippen molar-refractivity contribution in [3.63, 3.8) is 0 Å². The zero-order valence-corrected chi connectivity index (χ0v) is 33.0. The van der Waals surface area contributed by atoms with Crippen molar-refractivity contribution in [2.45, 2.75) is 18.9 Å². The van der Waals surface area contributed by atoms with E-state index in [1.165, 1.54) is 12.1 Å². The first-order chi connectivity index (χ1) is 26.1. The second kappa shape index (κ2) is 19.2. The third-order valence-electron chi connectivity index (χ3n) is 9.06. The maximum absolute atomic E-state index is 11.9. The number of phenols is 2. The molecule has 11 nitrogen and oxygen atoms in total. The highest BCUT2D eigenvalue weighted by atomic mass is 32.2. The maximum atomic E-state index is 11.9. The predicted octanol–water partition coefficient (Wildman–Crippen LogP) is 11.0. The van der Waals surface area contributed by atoms with Crippen LogP contribution in [0.2, 0.25) is 0 Å². The Hall–Kier alpha value is -4.44. The van der Waals surface area contributed by atoms with Crippen molar-refractivity contribution < 1.29 is 34.7 Å². The predicted molar refractivity (Wildman–Crippen MR) is 222 cm³/mol. The van der Waals surface area contributed by atoms with Crippen LogP contribution in [0.3, 0.4) is 0 Å². The molecule has 14 heteroatoms. The first kappa shape index (κ1) is 40.7. The van der Waals surface area contributed by atoms with Gasteiger partial charge in [0.1, 0.15) is 30.2 Å². The minimum Gasteiger partial charge on any atom is -0.508 e. The maximum Gasteiger partial charge on any atom is 0.339 e. The summed E-state index contributed by atoms with van der Waals surface area (Å²) in [6, 6.07) is 25.4. The lowest BCUT2D eigenvalue weighted by molar-refractivity contribution is -0.917. The van der Waals surface area contributed by atoms with Gasteiger partial charge < -0.3 is 19.8 Å². The minimum atomic E-state index is -1.25. The van der Waals surface area contributed by atoms with Crippen molar-refractivity contribution in [2.24, 2.45) is 20.5 Å². The van der Waals surface area contributed by atoms with Crippen molar-refractivity contribution >= 4 is 74.8 Å². The largest absolute Gasteiger partial charge is 0.508 e. The number of fused-ring (bicyclic) bond motifs is 1. The molecule has 0 spiro atoms. The summed E-state index contributed by atoms with van der Waals surface area (Å²) in [6.45, 7) is 2.55. The molecule has 0 heterocycles. The standard InChI is InChI=1S/C40H43N5O6S3/c1-45(15-17-52-2,16-18-53-3)23-28-19-26(9-12-35(28)42-41-31-11-14-38(46)29(21-31)24-51-50)27-10-13-36(30(20-27)25-54-4)43-44-37-22-34(40(48)49)39(47)33-8-6-5-7-32(33)37/h5-14,19-22H,15-18,23-25H2,1-4H3,(H3-,41,42,43,44,46,47,48,49,50)/p+1. The Labute approximate surface area is 327 Å². The van der Waals surface area contributed by atoms with Gasteiger partial charge in [-0.15, -0.1) is 5.11 Å². The Kier molecular flexibility index (Phi) is 14.5. The molecule has 0 unspecified atom stereocenters. The molecular weight excluding hydrogens is 743 g/mol. The molecular formula is C40H44N5O6S3+. The first-order valence-corrected chi connectivity index (χ1v) is 21.2. The van der Waals surface area contributed by atoms with Crippen molar-refractivity contribution in [3.8, 4) is 22.6 Å². The molecule has 0 atom stereocenters. The number of carboxylic acid groups (broad SMARTS) is 1. The lowest BCUT2D eigenvalue weighted by Gasteiger charge is -2.35. The van der Waals surface area contributed by atoms with Crippen molar-refractivity contribution in [1.82, 2.24) is 0 Å². The summed E-state index contributed by atoms with van der Waals surface area (Å²) in [6.07, 6.45) is 6.28. The Morgan fingerprint density at radius 2 is 1.31 bits per heavy atom. The molecule has 0 amide bonds. The van der Waals surface area contributed by atoms with E-state index in [2.05, 4.69) is 57.0 Å². The molecule has 0 aliphatic heterocycles. The number of hydrogen-bond acceptors (Lipinski definition) is 12. The fourth-order valence-electron chi connectivity index (χ4n) is 6.05. The fraction of sp³-hybridized carbons (Fsp3) is 0.275. The summed E-state index contributed by atoms with van der Waals surface area (Å²) in [5.41, 5.74) is 6.45. The molecule has 5 rings (SSSR count). The van der Waals surface area contributed by atoms with Gasteiger partial charge in [-0.05, 0) is 84.0 Å². The fourth-order valence-corrected chi connectivity index (χ4v) is 7.84. The van der Waals surface area contributed by atoms with Gasteiger partial charge in [-0.1, -0.05) is 36.4 Å². The summed E-state index contributed by atoms with van der Waals surface area (Å²) in [4.78, 5) is 16.1. The van der Waals surface area contributed by atoms with Gasteiger partial charge in [0.2, 0.25) is 0 Å². The van der Waals surface area contributed by atoms with E-state index in [4.69, 9.17) is 5.26 Å². The number of carboxylic acids is 1. The number of thioether (sulfide) groups is 3. The second-order valence-corrected chi connectivity index (χ2v) is 15.8. The average molecular weight is 787 g/mol. The van der Waals surface area contributed by atoms with Crippen LogP contribution in [0, 0.1) is 0 Å². The number of benzene rings is 5. The monoisotopic (exact) mass is 786 g/mol. The summed E-state index contributed by atoms with van der Waals surface area (Å²) in [5, 5.41) is 58.6. The van der Waals surface area contributed by atoms with Crippen LogP contribution in [0.15, 0.2) is 105 Å². The number of azo groups is 2. The normalized spacial score (nSPS) is 12.0. The highest BCUT2D eigenvalue weighted by Crippen LogP contribution is 2.39. The summed E-state index contributed by atoms with van der Waals surface area (Å²) >= 11 is 5.33. The molecule has 0 bridgehead atoms. The van der Waals surface area contributed by atoms with E-state index in [9.17, 15) is 20.1 Å². The number of aromatic carboxylic acids is 1. The first-order valence-electron chi connectivity index (χ1n) is 17.1. The highest BCUT2D eigenvalue weighted by Gasteiger charge is 2.24. The van der Waals surface area contributed by atoms with E-state index < -0.39 is 5.97 Å². The lowest BCUT2D eigenvalue weighted by atomic mass is 9.99. The molecule has 0 saturated carbocycles. The minimum absolute atomic E-state index is 0.00167. The summed E-state index contributed by atoms with van der Waals surface area (Å²) in [7, 11) is 2.29. The molecule has 5 aromatic rings. The summed E-state index contributed by atoms with van der Waals surface area (Å²) < 4.78 is 0.831. The number of aromatic hydroxyl groups is 2. The van der Waals surface area contributed by atoms with Crippen LogP contribution in [0.4, 0.5) is 22.7 Å². The molecule has 0 aliphatic rings. The van der Waals surface area contributed by atoms with Gasteiger partial charge in [0.25, 0.3) is 0 Å². The van der Waals surface area contributed by atoms with Gasteiger partial charge in [0.15, 0.2) is 0 Å². The zero-order chi connectivity index (χ0) is 38.7. The number of nitrogens with zero attached hydrogens (tertiary/aromatic N) is 5. The summed E-state index contributed by atoms with van der Waals surface area (Å²) in [5.74, 6) is 1.17. The smallest absolute Gasteiger partial charge is 0.339 e. The van der Waals surface area contributed by atoms with Crippen LogP contribution in [0.5, 0.6) is 11.5 Å². The van der Waals surface area contributed by atoms with Gasteiger partial charge in [0, 0.05) is 39.2 Å². The average Bonchev–Trinajstić information content (AvgIpc) is 3.17. The number of rotatable bonds is 18. The number of quaternary nitrogens is 1. The highest BCUT2D eigenvalue weighted by molar-refractivity contribution is 7.98. The third kappa shape index (κ3) is 10.2. The Balaban J connectivity index is 1.54. The molecule has 0 saturated heterocycles. The van der Waals surface area contributed by atoms with Crippen molar-refractivity contribution in [2.75, 3.05) is 50.4 Å². The quantitative estimate of drug-likeness (QED) is 0.0294. The Morgan fingerprint density at radius 3 is 1.94 bits per heavy atom. The van der Waals surface area contributed by atoms with Crippen molar-refractivity contribution in [1.29, 1.82) is 0 Å². The van der Waals surface area contributed by atoms with Crippen LogP contribution >= 0.6 is 35.3 Å². The Morgan fingerprint density at radius 1 is 0.704 bits per heavy atom. The van der Waals surface area contributed by atoms with Crippen molar-refractivity contribution in [3.05, 3.63) is 107 Å². The number of carbonyl (C=O) groups is 1. The molecule has 0 fully saturated rings. The van der Waals surface area contributed by atoms with E-state index in [0.717, 1.165) is 63.6 Å². The van der Waals surface area contributed by atoms with Crippen LogP contribution in [-0.2, 0) is 23.8 Å². The van der Waals surface area contributed by atoms with Gasteiger partial charge in [-0.25, -0.2) is 9.68 Å². The molecule has 4 N–H and O–H groups in total. The molecule has 5 aromatic carbocycles. The topological polar surface area (TPSA) is 157 Å². The zero-order valence-electron chi connectivity index (χ0n) is 30.6. The van der Waals surface area contributed by atoms with Gasteiger partial charge >= 0.3 is 5.97 Å². The van der Waals surface area contributed by atoms with Gasteiger partial charge in [-0.3, -0.25) is 5.26 Å². The molecule has 54 heavy (non-hydrogen) atoms. The second-order valence-electron chi connectivity index (χ2n) is 13.0.